The molecule has 4 amide bonds. The van der Waals surface area contributed by atoms with Crippen LogP contribution in [0.1, 0.15) is 46.8 Å². The average Bonchev–Trinajstić information content (AvgIpc) is 3.63. The van der Waals surface area contributed by atoms with Crippen LogP contribution in [0.2, 0.25) is 5.02 Å². The summed E-state index contributed by atoms with van der Waals surface area (Å²) in [4.78, 5) is 41.8. The van der Waals surface area contributed by atoms with E-state index in [-0.39, 0.29) is 53.7 Å². The first-order chi connectivity index (χ1) is 19.3. The SMILES string of the molecule is O=C(N[C@H]1CC(=O)N(C2CC2)C1)c1ccc(CN2CC(c3ccccc3)NC2=O)c(Oc2ccc(Cl)c(F)c2)c1. The third kappa shape index (κ3) is 5.60. The highest BCUT2D eigenvalue weighted by Gasteiger charge is 2.40. The minimum absolute atomic E-state index is 0.0345. The van der Waals surface area contributed by atoms with Gasteiger partial charge in [0.1, 0.15) is 17.3 Å². The van der Waals surface area contributed by atoms with Gasteiger partial charge in [0, 0.05) is 42.7 Å². The number of urea groups is 1. The maximum Gasteiger partial charge on any atom is 0.318 e. The van der Waals surface area contributed by atoms with Gasteiger partial charge in [-0.3, -0.25) is 9.59 Å². The van der Waals surface area contributed by atoms with Gasteiger partial charge in [-0.15, -0.1) is 0 Å². The van der Waals surface area contributed by atoms with Crippen molar-refractivity contribution in [2.24, 2.45) is 0 Å². The van der Waals surface area contributed by atoms with Crippen LogP contribution in [0.25, 0.3) is 0 Å². The zero-order valence-electron chi connectivity index (χ0n) is 21.6. The van der Waals surface area contributed by atoms with Crippen LogP contribution in [0, 0.1) is 5.82 Å². The Kier molecular flexibility index (Phi) is 7.06. The van der Waals surface area contributed by atoms with Crippen molar-refractivity contribution in [2.75, 3.05) is 13.1 Å². The number of hydrogen-bond acceptors (Lipinski definition) is 4. The van der Waals surface area contributed by atoms with E-state index in [0.717, 1.165) is 18.4 Å². The lowest BCUT2D eigenvalue weighted by Crippen LogP contribution is -2.37. The topological polar surface area (TPSA) is 91.0 Å². The molecular weight excluding hydrogens is 535 g/mol. The molecule has 2 N–H and O–H groups in total. The van der Waals surface area contributed by atoms with Gasteiger partial charge in [-0.05, 0) is 42.7 Å². The van der Waals surface area contributed by atoms with E-state index in [1.165, 1.54) is 18.2 Å². The van der Waals surface area contributed by atoms with Crippen molar-refractivity contribution in [1.29, 1.82) is 0 Å². The van der Waals surface area contributed by atoms with Crippen LogP contribution < -0.4 is 15.4 Å². The molecule has 1 aliphatic carbocycles. The van der Waals surface area contributed by atoms with E-state index in [1.807, 2.05) is 35.2 Å². The van der Waals surface area contributed by atoms with Crippen LogP contribution in [0.15, 0.2) is 66.7 Å². The Hall–Kier alpha value is -4.11. The molecule has 3 aromatic carbocycles. The smallest absolute Gasteiger partial charge is 0.318 e. The summed E-state index contributed by atoms with van der Waals surface area (Å²) < 4.78 is 20.2. The molecule has 3 fully saturated rings. The van der Waals surface area contributed by atoms with Crippen LogP contribution in [0.5, 0.6) is 11.5 Å². The highest BCUT2D eigenvalue weighted by Crippen LogP contribution is 2.33. The lowest BCUT2D eigenvalue weighted by molar-refractivity contribution is -0.128. The van der Waals surface area contributed by atoms with Crippen molar-refractivity contribution in [3.8, 4) is 11.5 Å². The fourth-order valence-electron chi connectivity index (χ4n) is 5.23. The van der Waals surface area contributed by atoms with Crippen molar-refractivity contribution in [1.82, 2.24) is 20.4 Å². The van der Waals surface area contributed by atoms with Crippen molar-refractivity contribution in [3.05, 3.63) is 94.3 Å². The minimum atomic E-state index is -0.634. The summed E-state index contributed by atoms with van der Waals surface area (Å²) in [5, 5.41) is 5.93. The molecule has 8 nitrogen and oxygen atoms in total. The Morgan fingerprint density at radius 2 is 1.85 bits per heavy atom. The normalized spacial score (nSPS) is 20.6. The standard InChI is InChI=1S/C30H28ClFN4O4/c31-24-11-10-23(14-25(24)32)40-27-12-19(29(38)33-21-13-28(37)36(16-21)22-8-9-22)6-7-20(27)15-35-17-26(34-30(35)39)18-4-2-1-3-5-18/h1-7,10-12,14,21-22,26H,8-9,13,15-17H2,(H,33,38)(H,34,39)/t21-,26?/m0/s1. The van der Waals surface area contributed by atoms with E-state index >= 15 is 0 Å². The van der Waals surface area contributed by atoms with Gasteiger partial charge in [-0.1, -0.05) is 48.0 Å². The van der Waals surface area contributed by atoms with Gasteiger partial charge in [-0.25, -0.2) is 9.18 Å². The number of ether oxygens (including phenoxy) is 1. The molecule has 6 rings (SSSR count). The zero-order valence-corrected chi connectivity index (χ0v) is 22.4. The summed E-state index contributed by atoms with van der Waals surface area (Å²) in [6, 6.07) is 18.4. The molecular formula is C30H28ClFN4O4. The predicted octanol–water partition coefficient (Wildman–Crippen LogP) is 5.03. The summed E-state index contributed by atoms with van der Waals surface area (Å²) in [7, 11) is 0. The zero-order chi connectivity index (χ0) is 27.8. The van der Waals surface area contributed by atoms with Crippen LogP contribution in [0.3, 0.4) is 0 Å². The van der Waals surface area contributed by atoms with Crippen molar-refractivity contribution < 1.29 is 23.5 Å². The van der Waals surface area contributed by atoms with Crippen LogP contribution >= 0.6 is 11.6 Å². The Balaban J connectivity index is 1.22. The van der Waals surface area contributed by atoms with Crippen molar-refractivity contribution in [3.63, 3.8) is 0 Å². The minimum Gasteiger partial charge on any atom is -0.457 e. The lowest BCUT2D eigenvalue weighted by atomic mass is 10.1. The summed E-state index contributed by atoms with van der Waals surface area (Å²) in [5.41, 5.74) is 1.98. The molecule has 1 unspecified atom stereocenters. The van der Waals surface area contributed by atoms with E-state index in [2.05, 4.69) is 10.6 Å². The van der Waals surface area contributed by atoms with Gasteiger partial charge in [0.25, 0.3) is 5.91 Å². The maximum atomic E-state index is 14.2. The molecule has 3 aliphatic rings. The number of nitrogens with one attached hydrogen (secondary N) is 2. The van der Waals surface area contributed by atoms with Crippen molar-refractivity contribution in [2.45, 2.75) is 43.9 Å². The number of likely N-dealkylation sites (tertiary alicyclic amines) is 1. The molecule has 10 heteroatoms. The molecule has 2 saturated heterocycles. The van der Waals surface area contributed by atoms with Crippen LogP contribution in [0.4, 0.5) is 9.18 Å². The number of benzene rings is 3. The number of amides is 4. The van der Waals surface area contributed by atoms with Crippen molar-refractivity contribution >= 4 is 29.4 Å². The van der Waals surface area contributed by atoms with Gasteiger partial charge in [0.2, 0.25) is 5.91 Å². The number of carbonyl (C=O) groups is 3. The molecule has 1 saturated carbocycles. The predicted molar refractivity (Wildman–Crippen MR) is 147 cm³/mol. The number of nitrogens with zero attached hydrogens (tertiary/aromatic N) is 2. The fraction of sp³-hybridized carbons (Fsp3) is 0.300. The summed E-state index contributed by atoms with van der Waals surface area (Å²) in [5.74, 6) is -0.389. The molecule has 3 aromatic rings. The number of halogens is 2. The molecule has 0 spiro atoms. The van der Waals surface area contributed by atoms with E-state index in [0.29, 0.717) is 36.0 Å². The van der Waals surface area contributed by atoms with Gasteiger partial charge in [0.05, 0.1) is 23.7 Å². The highest BCUT2D eigenvalue weighted by atomic mass is 35.5. The van der Waals surface area contributed by atoms with Gasteiger partial charge < -0.3 is 25.2 Å². The first kappa shape index (κ1) is 26.1. The van der Waals surface area contributed by atoms with Gasteiger partial charge >= 0.3 is 6.03 Å². The third-order valence-corrected chi connectivity index (χ3v) is 7.79. The molecule has 40 heavy (non-hydrogen) atoms. The lowest BCUT2D eigenvalue weighted by Gasteiger charge is -2.19. The van der Waals surface area contributed by atoms with Crippen LogP contribution in [-0.2, 0) is 11.3 Å². The van der Waals surface area contributed by atoms with E-state index in [4.69, 9.17) is 16.3 Å². The Labute approximate surface area is 236 Å². The van der Waals surface area contributed by atoms with Gasteiger partial charge in [-0.2, -0.15) is 0 Å². The summed E-state index contributed by atoms with van der Waals surface area (Å²) in [6.07, 6.45) is 2.31. The quantitative estimate of drug-likeness (QED) is 0.403. The van der Waals surface area contributed by atoms with E-state index in [9.17, 15) is 18.8 Å². The maximum absolute atomic E-state index is 14.2. The molecule has 206 valence electrons. The Morgan fingerprint density at radius 1 is 1.05 bits per heavy atom. The second kappa shape index (κ2) is 10.8. The van der Waals surface area contributed by atoms with Crippen LogP contribution in [-0.4, -0.2) is 52.8 Å². The molecule has 2 aliphatic heterocycles. The molecule has 2 atom stereocenters. The summed E-state index contributed by atoms with van der Waals surface area (Å²) >= 11 is 5.84. The van der Waals surface area contributed by atoms with E-state index < -0.39 is 5.82 Å². The second-order valence-corrected chi connectivity index (χ2v) is 10.9. The Morgan fingerprint density at radius 3 is 2.60 bits per heavy atom. The highest BCUT2D eigenvalue weighted by molar-refractivity contribution is 6.30. The first-order valence-corrected chi connectivity index (χ1v) is 13.7. The van der Waals surface area contributed by atoms with Gasteiger partial charge in [0.15, 0.2) is 0 Å². The third-order valence-electron chi connectivity index (χ3n) is 7.48. The Bertz CT molecular complexity index is 1470. The second-order valence-electron chi connectivity index (χ2n) is 10.4. The monoisotopic (exact) mass is 562 g/mol. The average molecular weight is 563 g/mol. The first-order valence-electron chi connectivity index (χ1n) is 13.3. The number of rotatable bonds is 8. The number of hydrogen-bond donors (Lipinski definition) is 2. The van der Waals surface area contributed by atoms with E-state index in [1.54, 1.807) is 23.1 Å². The number of carbonyl (C=O) groups excluding carboxylic acids is 3. The molecule has 0 radical (unpaired) electrons. The molecule has 2 heterocycles. The summed E-state index contributed by atoms with van der Waals surface area (Å²) in [6.45, 7) is 1.18. The fourth-order valence-corrected chi connectivity index (χ4v) is 5.35. The molecule has 0 aromatic heterocycles. The molecule has 0 bridgehead atoms. The largest absolute Gasteiger partial charge is 0.457 e.